The Hall–Kier alpha value is -3.29. The molecule has 0 radical (unpaired) electrons. The first-order chi connectivity index (χ1) is 10.1. The number of hydrogen-bond acceptors (Lipinski definition) is 8. The Bertz CT molecular complexity index is 799. The first-order valence-electron chi connectivity index (χ1n) is 6.04. The van der Waals surface area contributed by atoms with Crippen molar-refractivity contribution in [1.29, 1.82) is 0 Å². The van der Waals surface area contributed by atoms with Gasteiger partial charge in [0.15, 0.2) is 0 Å². The second-order valence-corrected chi connectivity index (χ2v) is 4.35. The number of nitrogens with two attached hydrogens (primary N) is 4. The highest BCUT2D eigenvalue weighted by Crippen LogP contribution is 2.37. The molecule has 3 aromatic heterocycles. The summed E-state index contributed by atoms with van der Waals surface area (Å²) >= 11 is 0. The van der Waals surface area contributed by atoms with Crippen molar-refractivity contribution in [3.8, 4) is 22.7 Å². The molecule has 3 rings (SSSR count). The van der Waals surface area contributed by atoms with Crippen molar-refractivity contribution in [2.75, 3.05) is 22.9 Å². The maximum atomic E-state index is 5.99. The number of pyridine rings is 2. The summed E-state index contributed by atoms with van der Waals surface area (Å²) in [6.45, 7) is 0. The molecule has 0 aromatic carbocycles. The van der Waals surface area contributed by atoms with Gasteiger partial charge in [0.1, 0.15) is 23.6 Å². The number of rotatable bonds is 2. The summed E-state index contributed by atoms with van der Waals surface area (Å²) in [6.07, 6.45) is 4.50. The highest BCUT2D eigenvalue weighted by Gasteiger charge is 2.18. The summed E-state index contributed by atoms with van der Waals surface area (Å²) in [7, 11) is 0. The van der Waals surface area contributed by atoms with E-state index in [2.05, 4.69) is 15.0 Å². The van der Waals surface area contributed by atoms with Gasteiger partial charge in [-0.05, 0) is 12.1 Å². The van der Waals surface area contributed by atoms with Crippen molar-refractivity contribution < 1.29 is 4.42 Å². The Kier molecular flexibility index (Phi) is 2.83. The van der Waals surface area contributed by atoms with Gasteiger partial charge < -0.3 is 27.4 Å². The fourth-order valence-corrected chi connectivity index (χ4v) is 1.98. The Morgan fingerprint density at radius 2 is 1.71 bits per heavy atom. The van der Waals surface area contributed by atoms with Crippen LogP contribution in [0.4, 0.5) is 23.0 Å². The fourth-order valence-electron chi connectivity index (χ4n) is 1.98. The van der Waals surface area contributed by atoms with Crippen molar-refractivity contribution in [2.45, 2.75) is 0 Å². The molecule has 0 aliphatic heterocycles. The van der Waals surface area contributed by atoms with E-state index in [0.717, 1.165) is 0 Å². The standard InChI is InChI=1S/C13H13N7O/c14-8-5-7(6-1-2-18-12(17)9(6)15)10(20-11(8)16)13-19-3-4-21-13/h1-5H,14-15H2,(H2,16,20)(H2,17,18). The van der Waals surface area contributed by atoms with E-state index in [9.17, 15) is 0 Å². The quantitative estimate of drug-likeness (QED) is 0.545. The predicted molar refractivity (Wildman–Crippen MR) is 80.6 cm³/mol. The summed E-state index contributed by atoms with van der Waals surface area (Å²) in [5.74, 6) is 0.722. The van der Waals surface area contributed by atoms with Crippen molar-refractivity contribution in [1.82, 2.24) is 15.0 Å². The summed E-state index contributed by atoms with van der Waals surface area (Å²) in [4.78, 5) is 12.3. The van der Waals surface area contributed by atoms with Gasteiger partial charge in [-0.25, -0.2) is 15.0 Å². The van der Waals surface area contributed by atoms with Gasteiger partial charge in [0.05, 0.1) is 17.6 Å². The summed E-state index contributed by atoms with van der Waals surface area (Å²) < 4.78 is 5.29. The van der Waals surface area contributed by atoms with Crippen molar-refractivity contribution in [3.05, 3.63) is 30.8 Å². The molecule has 0 bridgehead atoms. The topological polar surface area (TPSA) is 156 Å². The lowest BCUT2D eigenvalue weighted by atomic mass is 10.0. The molecule has 21 heavy (non-hydrogen) atoms. The minimum absolute atomic E-state index is 0.188. The maximum absolute atomic E-state index is 5.99. The van der Waals surface area contributed by atoms with E-state index in [-0.39, 0.29) is 11.6 Å². The SMILES string of the molecule is Nc1cc(-c2ccnc(N)c2N)c(-c2ncco2)nc1N. The van der Waals surface area contributed by atoms with E-state index in [4.69, 9.17) is 27.4 Å². The number of nitrogens with zero attached hydrogens (tertiary/aromatic N) is 3. The third kappa shape index (κ3) is 2.08. The normalized spacial score (nSPS) is 10.7. The van der Waals surface area contributed by atoms with Crippen LogP contribution < -0.4 is 22.9 Å². The fraction of sp³-hybridized carbons (Fsp3) is 0. The molecule has 3 heterocycles. The monoisotopic (exact) mass is 283 g/mol. The minimum atomic E-state index is 0.188. The molecule has 0 aliphatic rings. The third-order valence-corrected chi connectivity index (χ3v) is 3.03. The molecule has 0 amide bonds. The molecule has 8 nitrogen and oxygen atoms in total. The molecule has 0 saturated heterocycles. The molecule has 0 fully saturated rings. The lowest BCUT2D eigenvalue weighted by Gasteiger charge is -2.12. The molecular formula is C13H13N7O. The Morgan fingerprint density at radius 1 is 0.905 bits per heavy atom. The molecule has 3 aromatic rings. The summed E-state index contributed by atoms with van der Waals surface area (Å²) in [6, 6.07) is 3.37. The largest absolute Gasteiger partial charge is 0.443 e. The number of anilines is 4. The molecule has 8 heteroatoms. The second-order valence-electron chi connectivity index (χ2n) is 4.35. The van der Waals surface area contributed by atoms with E-state index in [1.807, 2.05) is 0 Å². The Balaban J connectivity index is 2.31. The van der Waals surface area contributed by atoms with Gasteiger partial charge >= 0.3 is 0 Å². The maximum Gasteiger partial charge on any atom is 0.245 e. The van der Waals surface area contributed by atoms with Crippen LogP contribution in [0.15, 0.2) is 35.2 Å². The average molecular weight is 283 g/mol. The number of hydrogen-bond donors (Lipinski definition) is 4. The van der Waals surface area contributed by atoms with Crippen molar-refractivity contribution in [2.24, 2.45) is 0 Å². The van der Waals surface area contributed by atoms with Crippen LogP contribution in [0.2, 0.25) is 0 Å². The highest BCUT2D eigenvalue weighted by atomic mass is 16.3. The third-order valence-electron chi connectivity index (χ3n) is 3.03. The van der Waals surface area contributed by atoms with Crippen LogP contribution in [-0.2, 0) is 0 Å². The van der Waals surface area contributed by atoms with E-state index in [1.165, 1.54) is 12.5 Å². The molecule has 106 valence electrons. The van der Waals surface area contributed by atoms with E-state index in [1.54, 1.807) is 18.3 Å². The van der Waals surface area contributed by atoms with Gasteiger partial charge in [0.25, 0.3) is 0 Å². The first kappa shape index (κ1) is 12.7. The van der Waals surface area contributed by atoms with Crippen LogP contribution in [-0.4, -0.2) is 15.0 Å². The first-order valence-corrected chi connectivity index (χ1v) is 6.04. The minimum Gasteiger partial charge on any atom is -0.443 e. The van der Waals surface area contributed by atoms with Crippen LogP contribution in [0.1, 0.15) is 0 Å². The molecule has 0 aliphatic carbocycles. The smallest absolute Gasteiger partial charge is 0.245 e. The zero-order valence-electron chi connectivity index (χ0n) is 10.9. The van der Waals surface area contributed by atoms with Gasteiger partial charge in [-0.15, -0.1) is 0 Å². The van der Waals surface area contributed by atoms with Gasteiger partial charge in [-0.3, -0.25) is 0 Å². The van der Waals surface area contributed by atoms with Crippen molar-refractivity contribution >= 4 is 23.0 Å². The van der Waals surface area contributed by atoms with E-state index < -0.39 is 0 Å². The number of oxazole rings is 1. The highest BCUT2D eigenvalue weighted by molar-refractivity contribution is 5.90. The van der Waals surface area contributed by atoms with Crippen LogP contribution in [0.25, 0.3) is 22.7 Å². The summed E-state index contributed by atoms with van der Waals surface area (Å²) in [5.41, 5.74) is 25.7. The number of aromatic nitrogens is 3. The van der Waals surface area contributed by atoms with Gasteiger partial charge in [0.2, 0.25) is 5.89 Å². The molecule has 8 N–H and O–H groups in total. The summed E-state index contributed by atoms with van der Waals surface area (Å²) in [5, 5.41) is 0. The number of nitrogen functional groups attached to an aromatic ring is 4. The molecule has 0 atom stereocenters. The van der Waals surface area contributed by atoms with E-state index >= 15 is 0 Å². The van der Waals surface area contributed by atoms with Gasteiger partial charge in [-0.1, -0.05) is 0 Å². The Labute approximate surface area is 119 Å². The van der Waals surface area contributed by atoms with Gasteiger partial charge in [0, 0.05) is 17.3 Å². The predicted octanol–water partition coefficient (Wildman–Crippen LogP) is 1.13. The second kappa shape index (κ2) is 4.67. The van der Waals surface area contributed by atoms with E-state index in [0.29, 0.717) is 34.1 Å². The van der Waals surface area contributed by atoms with Crippen LogP contribution in [0, 0.1) is 0 Å². The average Bonchev–Trinajstić information content (AvgIpc) is 2.98. The van der Waals surface area contributed by atoms with Crippen LogP contribution in [0.3, 0.4) is 0 Å². The molecular weight excluding hydrogens is 270 g/mol. The molecule has 0 unspecified atom stereocenters. The zero-order chi connectivity index (χ0) is 15.0. The van der Waals surface area contributed by atoms with Crippen LogP contribution >= 0.6 is 0 Å². The lowest BCUT2D eigenvalue weighted by Crippen LogP contribution is -2.04. The Morgan fingerprint density at radius 3 is 2.43 bits per heavy atom. The molecule has 0 spiro atoms. The van der Waals surface area contributed by atoms with Gasteiger partial charge in [-0.2, -0.15) is 0 Å². The zero-order valence-corrected chi connectivity index (χ0v) is 10.9. The van der Waals surface area contributed by atoms with Crippen LogP contribution in [0.5, 0.6) is 0 Å². The lowest BCUT2D eigenvalue weighted by molar-refractivity contribution is 0.572. The van der Waals surface area contributed by atoms with Crippen molar-refractivity contribution in [3.63, 3.8) is 0 Å². The molecule has 0 saturated carbocycles.